The van der Waals surface area contributed by atoms with Crippen molar-refractivity contribution in [1.29, 1.82) is 0 Å². The van der Waals surface area contributed by atoms with Crippen LogP contribution in [-0.2, 0) is 0 Å². The summed E-state index contributed by atoms with van der Waals surface area (Å²) in [6, 6.07) is 7.90. The quantitative estimate of drug-likeness (QED) is 0.380. The van der Waals surface area contributed by atoms with Crippen molar-refractivity contribution in [2.45, 2.75) is 6.92 Å². The van der Waals surface area contributed by atoms with Gasteiger partial charge in [-0.15, -0.1) is 11.3 Å². The first-order valence-electron chi connectivity index (χ1n) is 9.86. The number of nitrogens with zero attached hydrogens (tertiary/aromatic N) is 5. The molecule has 154 valence electrons. The number of nitrogens with one attached hydrogen (secondary N) is 2. The number of fused-ring (bicyclic) bond motifs is 2. The molecule has 32 heavy (non-hydrogen) atoms. The molecule has 0 aliphatic carbocycles. The predicted molar refractivity (Wildman–Crippen MR) is 123 cm³/mol. The molecule has 0 saturated carbocycles. The molecule has 0 radical (unpaired) electrons. The van der Waals surface area contributed by atoms with E-state index in [0.29, 0.717) is 5.65 Å². The molecule has 0 fully saturated rings. The number of rotatable bonds is 4. The molecule has 2 N–H and O–H groups in total. The van der Waals surface area contributed by atoms with E-state index in [0.717, 1.165) is 54.3 Å². The predicted octanol–water partition coefficient (Wildman–Crippen LogP) is 4.89. The van der Waals surface area contributed by atoms with Crippen molar-refractivity contribution in [2.75, 3.05) is 0 Å². The molecule has 9 heteroatoms. The molecule has 0 spiro atoms. The van der Waals surface area contributed by atoms with Crippen LogP contribution < -0.4 is 0 Å². The molecule has 0 bridgehead atoms. The Hall–Kier alpha value is -4.24. The fraction of sp³-hybridized carbons (Fsp3) is 0.0435. The van der Waals surface area contributed by atoms with Gasteiger partial charge in [0.25, 0.3) is 0 Å². The van der Waals surface area contributed by atoms with Crippen molar-refractivity contribution in [2.24, 2.45) is 0 Å². The van der Waals surface area contributed by atoms with E-state index in [1.807, 2.05) is 24.4 Å². The van der Waals surface area contributed by atoms with E-state index >= 15 is 0 Å². The summed E-state index contributed by atoms with van der Waals surface area (Å²) < 4.78 is 0. The molecule has 0 aliphatic heterocycles. The van der Waals surface area contributed by atoms with Crippen molar-refractivity contribution >= 4 is 39.1 Å². The number of hydrogen-bond acceptors (Lipinski definition) is 7. The first kappa shape index (κ1) is 18.5. The van der Waals surface area contributed by atoms with Crippen LogP contribution in [0.3, 0.4) is 0 Å². The van der Waals surface area contributed by atoms with Crippen LogP contribution in [-0.4, -0.2) is 40.9 Å². The maximum Gasteiger partial charge on any atom is 0.181 e. The number of thiophene rings is 1. The van der Waals surface area contributed by atoms with Crippen LogP contribution in [0.25, 0.3) is 55.0 Å². The molecular weight excluding hydrogens is 422 g/mol. The van der Waals surface area contributed by atoms with Crippen molar-refractivity contribution in [3.63, 3.8) is 0 Å². The summed E-state index contributed by atoms with van der Waals surface area (Å²) in [6.07, 6.45) is 10.4. The fourth-order valence-electron chi connectivity index (χ4n) is 3.75. The second kappa shape index (κ2) is 7.17. The molecule has 0 amide bonds. The van der Waals surface area contributed by atoms with Gasteiger partial charge in [-0.25, -0.2) is 4.98 Å². The number of carbonyl (C=O) groups is 1. The van der Waals surface area contributed by atoms with E-state index in [4.69, 9.17) is 0 Å². The Balaban J connectivity index is 1.49. The van der Waals surface area contributed by atoms with Gasteiger partial charge in [-0.2, -0.15) is 5.10 Å². The number of hydrogen-bond donors (Lipinski definition) is 2. The van der Waals surface area contributed by atoms with Crippen molar-refractivity contribution in [3.05, 3.63) is 66.3 Å². The highest BCUT2D eigenvalue weighted by Gasteiger charge is 2.16. The highest BCUT2D eigenvalue weighted by Crippen LogP contribution is 2.36. The molecule has 6 rings (SSSR count). The average Bonchev–Trinajstić information content (AvgIpc) is 3.56. The summed E-state index contributed by atoms with van der Waals surface area (Å²) in [6.45, 7) is 1.58. The van der Waals surface area contributed by atoms with E-state index in [1.165, 1.54) is 11.3 Å². The number of ketones is 1. The Morgan fingerprint density at radius 2 is 1.91 bits per heavy atom. The third-order valence-corrected chi connectivity index (χ3v) is 6.52. The zero-order chi connectivity index (χ0) is 21.7. The van der Waals surface area contributed by atoms with Gasteiger partial charge in [-0.05, 0) is 31.2 Å². The average molecular weight is 437 g/mol. The smallest absolute Gasteiger partial charge is 0.181 e. The maximum atomic E-state index is 11.7. The summed E-state index contributed by atoms with van der Waals surface area (Å²) in [5.41, 5.74) is 5.81. The SMILES string of the molecule is CC(=O)c1ccc(-c2cncc3[nH]c(-c4[nH]nc5ncc(-c6cnccn6)cc45)cc23)s1. The Bertz CT molecular complexity index is 1610. The summed E-state index contributed by atoms with van der Waals surface area (Å²) in [7, 11) is 0. The molecule has 0 atom stereocenters. The second-order valence-electron chi connectivity index (χ2n) is 7.34. The van der Waals surface area contributed by atoms with Gasteiger partial charge >= 0.3 is 0 Å². The lowest BCUT2D eigenvalue weighted by Crippen LogP contribution is -1.86. The van der Waals surface area contributed by atoms with E-state index in [9.17, 15) is 4.79 Å². The van der Waals surface area contributed by atoms with Crippen molar-refractivity contribution in [3.8, 4) is 33.1 Å². The lowest BCUT2D eigenvalue weighted by molar-refractivity contribution is 0.102. The third kappa shape index (κ3) is 2.98. The topological polar surface area (TPSA) is 113 Å². The lowest BCUT2D eigenvalue weighted by Gasteiger charge is -2.00. The molecular formula is C23H15N7OS. The molecule has 0 aromatic carbocycles. The monoisotopic (exact) mass is 437 g/mol. The summed E-state index contributed by atoms with van der Waals surface area (Å²) >= 11 is 1.47. The van der Waals surface area contributed by atoms with Crippen molar-refractivity contribution in [1.82, 2.24) is 35.1 Å². The molecule has 0 saturated heterocycles. The number of aromatic amines is 2. The Labute approximate surface area is 185 Å². The number of Topliss-reactive ketones (excluding diaryl/α,β-unsaturated/α-hetero) is 1. The van der Waals surface area contributed by atoms with Crippen LogP contribution >= 0.6 is 11.3 Å². The second-order valence-corrected chi connectivity index (χ2v) is 8.42. The molecule has 0 aliphatic rings. The Kier molecular flexibility index (Phi) is 4.15. The van der Waals surface area contributed by atoms with E-state index in [-0.39, 0.29) is 5.78 Å². The van der Waals surface area contributed by atoms with Crippen LogP contribution in [0.15, 0.2) is 61.4 Å². The lowest BCUT2D eigenvalue weighted by atomic mass is 10.1. The van der Waals surface area contributed by atoms with Gasteiger partial charge in [0.1, 0.15) is 0 Å². The number of pyridine rings is 2. The van der Waals surface area contributed by atoms with Gasteiger partial charge in [0.15, 0.2) is 11.4 Å². The molecule has 6 aromatic heterocycles. The Morgan fingerprint density at radius 1 is 0.969 bits per heavy atom. The minimum absolute atomic E-state index is 0.0616. The maximum absolute atomic E-state index is 11.7. The molecule has 0 unspecified atom stereocenters. The van der Waals surface area contributed by atoms with Gasteiger partial charge in [0.05, 0.1) is 39.9 Å². The van der Waals surface area contributed by atoms with Gasteiger partial charge in [-0.1, -0.05) is 0 Å². The number of carbonyl (C=O) groups excluding carboxylic acids is 1. The number of H-pyrrole nitrogens is 2. The van der Waals surface area contributed by atoms with Crippen LogP contribution in [0.5, 0.6) is 0 Å². The van der Waals surface area contributed by atoms with Crippen LogP contribution in [0, 0.1) is 0 Å². The van der Waals surface area contributed by atoms with E-state index < -0.39 is 0 Å². The van der Waals surface area contributed by atoms with Gasteiger partial charge < -0.3 is 4.98 Å². The standard InChI is InChI=1S/C23H15N7OS/c1-12(31)20-2-3-21(32-20)16-9-25-11-19-14(16)7-17(28-19)22-15-6-13(8-27-23(15)30-29-22)18-10-24-4-5-26-18/h2-11,28H,1H3,(H,27,29,30). The highest BCUT2D eigenvalue weighted by atomic mass is 32.1. The van der Waals surface area contributed by atoms with Crippen LogP contribution in [0.1, 0.15) is 16.6 Å². The Morgan fingerprint density at radius 3 is 2.72 bits per heavy atom. The van der Waals surface area contributed by atoms with Gasteiger partial charge in [-0.3, -0.25) is 24.8 Å². The molecule has 6 aromatic rings. The molecule has 6 heterocycles. The minimum Gasteiger partial charge on any atom is -0.352 e. The first-order chi connectivity index (χ1) is 15.7. The van der Waals surface area contributed by atoms with Gasteiger partial charge in [0.2, 0.25) is 0 Å². The molecule has 8 nitrogen and oxygen atoms in total. The zero-order valence-electron chi connectivity index (χ0n) is 16.8. The third-order valence-electron chi connectivity index (χ3n) is 5.30. The van der Waals surface area contributed by atoms with Crippen LogP contribution in [0.2, 0.25) is 0 Å². The largest absolute Gasteiger partial charge is 0.352 e. The normalized spacial score (nSPS) is 11.4. The highest BCUT2D eigenvalue weighted by molar-refractivity contribution is 7.17. The van der Waals surface area contributed by atoms with Crippen molar-refractivity contribution < 1.29 is 4.79 Å². The minimum atomic E-state index is 0.0616. The summed E-state index contributed by atoms with van der Waals surface area (Å²) in [5.74, 6) is 0.0616. The van der Waals surface area contributed by atoms with Gasteiger partial charge in [0, 0.05) is 51.6 Å². The first-order valence-corrected chi connectivity index (χ1v) is 10.7. The van der Waals surface area contributed by atoms with E-state index in [2.05, 4.69) is 41.2 Å². The zero-order valence-corrected chi connectivity index (χ0v) is 17.6. The summed E-state index contributed by atoms with van der Waals surface area (Å²) in [4.78, 5) is 34.3. The fourth-order valence-corrected chi connectivity index (χ4v) is 4.67. The summed E-state index contributed by atoms with van der Waals surface area (Å²) in [5, 5.41) is 9.37. The number of aromatic nitrogens is 7. The van der Waals surface area contributed by atoms with E-state index in [1.54, 1.807) is 37.9 Å². The van der Waals surface area contributed by atoms with Crippen LogP contribution in [0.4, 0.5) is 0 Å².